The van der Waals surface area contributed by atoms with Crippen molar-refractivity contribution in [3.8, 4) is 0 Å². The van der Waals surface area contributed by atoms with Crippen molar-refractivity contribution in [3.05, 3.63) is 0 Å². The van der Waals surface area contributed by atoms with Crippen LogP contribution in [0.15, 0.2) is 0 Å². The Balaban J connectivity index is 0.000000158. The SMILES string of the molecule is CC[C@]1(O)CC[C@@]2(C)[C@@H](CC[C@@H]3[C@@H]2CC[C@]2(C)[C@@H]([C@H](C)[C@@H](O)C4CCCC4)CC[C@@H]32)C1.CC[C@]1(O)CC[C@@]2(C)[C@@H](CC[C@@H]3[C@@H]2CC[C@]2(C)[C@@H]([C@H](C)[C@H](O)C4CCCC4)CC[C@@H]32)C1. The second-order valence-corrected chi connectivity index (χ2v) is 27.1. The molecule has 356 valence electrons. The zero-order valence-corrected chi connectivity index (χ0v) is 41.8. The monoisotopic (exact) mass is 861 g/mol. The molecule has 10 aliphatic rings. The Bertz CT molecular complexity index is 1420. The normalized spacial score (nSPS) is 52.3. The topological polar surface area (TPSA) is 80.9 Å². The van der Waals surface area contributed by atoms with Crippen molar-refractivity contribution < 1.29 is 20.4 Å². The van der Waals surface area contributed by atoms with Crippen LogP contribution in [0.1, 0.15) is 235 Å². The first-order valence-corrected chi connectivity index (χ1v) is 28.2. The summed E-state index contributed by atoms with van der Waals surface area (Å²) in [6.07, 6.45) is 35.3. The molecule has 0 aromatic carbocycles. The van der Waals surface area contributed by atoms with E-state index in [2.05, 4.69) is 55.4 Å². The molecule has 62 heavy (non-hydrogen) atoms. The molecule has 4 heteroatoms. The average molecular weight is 861 g/mol. The van der Waals surface area contributed by atoms with E-state index in [-0.39, 0.29) is 23.4 Å². The molecule has 0 radical (unpaired) electrons. The summed E-state index contributed by atoms with van der Waals surface area (Å²) in [5.41, 5.74) is 1.04. The minimum atomic E-state index is -0.384. The molecule has 10 aliphatic carbocycles. The van der Waals surface area contributed by atoms with Gasteiger partial charge < -0.3 is 20.4 Å². The van der Waals surface area contributed by atoms with E-state index in [4.69, 9.17) is 0 Å². The lowest BCUT2D eigenvalue weighted by Crippen LogP contribution is -2.56. The predicted molar refractivity (Wildman–Crippen MR) is 255 cm³/mol. The largest absolute Gasteiger partial charge is 0.393 e. The highest BCUT2D eigenvalue weighted by molar-refractivity contribution is 5.13. The fourth-order valence-electron chi connectivity index (χ4n) is 21.0. The Labute approximate surface area is 382 Å². The highest BCUT2D eigenvalue weighted by atomic mass is 16.3. The Morgan fingerprint density at radius 1 is 0.419 bits per heavy atom. The van der Waals surface area contributed by atoms with Gasteiger partial charge in [0.2, 0.25) is 0 Å². The van der Waals surface area contributed by atoms with Gasteiger partial charge in [-0.2, -0.15) is 0 Å². The molecule has 4 nitrogen and oxygen atoms in total. The van der Waals surface area contributed by atoms with E-state index in [0.29, 0.717) is 45.3 Å². The van der Waals surface area contributed by atoms with Crippen molar-refractivity contribution in [3.63, 3.8) is 0 Å². The molecule has 10 fully saturated rings. The molecule has 0 heterocycles. The third-order valence-electron chi connectivity index (χ3n) is 25.2. The summed E-state index contributed by atoms with van der Waals surface area (Å²) < 4.78 is 0. The lowest BCUT2D eigenvalue weighted by Gasteiger charge is -2.62. The van der Waals surface area contributed by atoms with Gasteiger partial charge in [-0.3, -0.25) is 0 Å². The van der Waals surface area contributed by atoms with Crippen molar-refractivity contribution in [2.75, 3.05) is 0 Å². The summed E-state index contributed by atoms with van der Waals surface area (Å²) in [5.74, 6) is 10.3. The van der Waals surface area contributed by atoms with Gasteiger partial charge in [0.15, 0.2) is 0 Å². The van der Waals surface area contributed by atoms with Gasteiger partial charge in [0.25, 0.3) is 0 Å². The molecule has 4 N–H and O–H groups in total. The Morgan fingerprint density at radius 2 is 0.774 bits per heavy atom. The van der Waals surface area contributed by atoms with Gasteiger partial charge in [-0.05, 0) is 259 Å². The number of hydrogen-bond donors (Lipinski definition) is 4. The van der Waals surface area contributed by atoms with E-state index in [1.165, 1.54) is 141 Å². The van der Waals surface area contributed by atoms with Gasteiger partial charge in [0.05, 0.1) is 23.4 Å². The standard InChI is InChI=1S/2C29H50O2/c2*1-5-29(31)17-16-27(3)21(18-29)10-11-22-24-13-12-23(28(24,4)15-14-25(22)27)19(2)26(30)20-8-6-7-9-20/h2*19-26,30-31H,5-18H2,1-4H3/t19-,21-,22-,23+,24-,25-,26+,27-,28+,29-;19-,21-,22-,23+,24-,25-,26-,27-,28+,29-/m00/s1. The van der Waals surface area contributed by atoms with Crippen LogP contribution in [0.25, 0.3) is 0 Å². The first-order valence-electron chi connectivity index (χ1n) is 28.2. The van der Waals surface area contributed by atoms with Gasteiger partial charge in [-0.15, -0.1) is 0 Å². The molecule has 0 aromatic rings. The van der Waals surface area contributed by atoms with E-state index in [9.17, 15) is 20.4 Å². The average Bonchev–Trinajstić information content (AvgIpc) is 4.11. The van der Waals surface area contributed by atoms with Crippen LogP contribution >= 0.6 is 0 Å². The number of fused-ring (bicyclic) bond motifs is 10. The summed E-state index contributed by atoms with van der Waals surface area (Å²) in [4.78, 5) is 0. The lowest BCUT2D eigenvalue weighted by molar-refractivity contribution is -0.154. The molecule has 10 saturated carbocycles. The molecule has 0 aromatic heterocycles. The quantitative estimate of drug-likeness (QED) is 0.196. The maximum absolute atomic E-state index is 11.3. The van der Waals surface area contributed by atoms with Crippen LogP contribution in [-0.4, -0.2) is 43.8 Å². The third-order valence-corrected chi connectivity index (χ3v) is 25.2. The Kier molecular flexibility index (Phi) is 13.2. The molecule has 0 spiro atoms. The van der Waals surface area contributed by atoms with Crippen LogP contribution in [-0.2, 0) is 0 Å². The third kappa shape index (κ3) is 7.72. The van der Waals surface area contributed by atoms with Gasteiger partial charge in [-0.25, -0.2) is 0 Å². The van der Waals surface area contributed by atoms with Crippen molar-refractivity contribution in [1.29, 1.82) is 0 Å². The van der Waals surface area contributed by atoms with Crippen molar-refractivity contribution >= 4 is 0 Å². The highest BCUT2D eigenvalue weighted by Crippen LogP contribution is 2.71. The van der Waals surface area contributed by atoms with Crippen LogP contribution in [0, 0.1) is 105 Å². The van der Waals surface area contributed by atoms with Crippen LogP contribution in [0.2, 0.25) is 0 Å². The molecule has 0 saturated heterocycles. The van der Waals surface area contributed by atoms with Crippen molar-refractivity contribution in [1.82, 2.24) is 0 Å². The molecule has 0 unspecified atom stereocenters. The molecular formula is C58H100O4. The minimum Gasteiger partial charge on any atom is -0.393 e. The van der Waals surface area contributed by atoms with Gasteiger partial charge in [-0.1, -0.05) is 81.1 Å². The van der Waals surface area contributed by atoms with E-state index >= 15 is 0 Å². The van der Waals surface area contributed by atoms with Gasteiger partial charge >= 0.3 is 0 Å². The number of aliphatic hydroxyl groups excluding tert-OH is 2. The molecule has 0 bridgehead atoms. The maximum Gasteiger partial charge on any atom is 0.0648 e. The maximum atomic E-state index is 11.3. The van der Waals surface area contributed by atoms with Gasteiger partial charge in [0, 0.05) is 0 Å². The fraction of sp³-hybridized carbons (Fsp3) is 1.00. The molecule has 10 rings (SSSR count). The first-order chi connectivity index (χ1) is 29.4. The summed E-state index contributed by atoms with van der Waals surface area (Å²) in [6.45, 7) is 19.7. The van der Waals surface area contributed by atoms with E-state index in [1.54, 1.807) is 0 Å². The molecular weight excluding hydrogens is 761 g/mol. The predicted octanol–water partition coefficient (Wildman–Crippen LogP) is 13.9. The first kappa shape index (κ1) is 46.9. The highest BCUT2D eigenvalue weighted by Gasteiger charge is 2.64. The second kappa shape index (κ2) is 17.4. The van der Waals surface area contributed by atoms with Crippen LogP contribution in [0.5, 0.6) is 0 Å². The number of aliphatic hydroxyl groups is 4. The zero-order valence-electron chi connectivity index (χ0n) is 41.8. The summed E-state index contributed by atoms with van der Waals surface area (Å²) in [5, 5.41) is 44.6. The minimum absolute atomic E-state index is 0.0703. The van der Waals surface area contributed by atoms with Crippen LogP contribution in [0.3, 0.4) is 0 Å². The Morgan fingerprint density at radius 3 is 1.13 bits per heavy atom. The number of hydrogen-bond acceptors (Lipinski definition) is 4. The number of rotatable bonds is 8. The van der Waals surface area contributed by atoms with Crippen molar-refractivity contribution in [2.24, 2.45) is 105 Å². The van der Waals surface area contributed by atoms with Crippen molar-refractivity contribution in [2.45, 2.75) is 259 Å². The molecule has 20 atom stereocenters. The summed E-state index contributed by atoms with van der Waals surface area (Å²) >= 11 is 0. The second-order valence-electron chi connectivity index (χ2n) is 27.1. The Hall–Kier alpha value is -0.160. The van der Waals surface area contributed by atoms with Gasteiger partial charge in [0.1, 0.15) is 0 Å². The van der Waals surface area contributed by atoms with E-state index in [0.717, 1.165) is 97.7 Å². The smallest absolute Gasteiger partial charge is 0.0648 e. The summed E-state index contributed by atoms with van der Waals surface area (Å²) in [6, 6.07) is 0. The van der Waals surface area contributed by atoms with E-state index in [1.807, 2.05) is 0 Å². The van der Waals surface area contributed by atoms with Crippen LogP contribution < -0.4 is 0 Å². The van der Waals surface area contributed by atoms with E-state index < -0.39 is 0 Å². The molecule has 0 amide bonds. The summed E-state index contributed by atoms with van der Waals surface area (Å²) in [7, 11) is 0. The fourth-order valence-corrected chi connectivity index (χ4v) is 21.0. The lowest BCUT2D eigenvalue weighted by atomic mass is 9.43. The van der Waals surface area contributed by atoms with Crippen LogP contribution in [0.4, 0.5) is 0 Å². The molecule has 0 aliphatic heterocycles. The zero-order chi connectivity index (χ0) is 44.0.